The van der Waals surface area contributed by atoms with E-state index < -0.39 is 12.5 Å². The van der Waals surface area contributed by atoms with Gasteiger partial charge in [0.1, 0.15) is 5.75 Å². The lowest BCUT2D eigenvalue weighted by atomic mass is 10.1. The van der Waals surface area contributed by atoms with E-state index >= 15 is 0 Å². The molecule has 0 radical (unpaired) electrons. The van der Waals surface area contributed by atoms with E-state index in [2.05, 4.69) is 10.1 Å². The highest BCUT2D eigenvalue weighted by molar-refractivity contribution is 6.01. The number of rotatable bonds is 5. The second-order valence-electron chi connectivity index (χ2n) is 6.16. The quantitative estimate of drug-likeness (QED) is 0.595. The van der Waals surface area contributed by atoms with Crippen molar-refractivity contribution in [3.8, 4) is 17.0 Å². The molecule has 1 heterocycles. The van der Waals surface area contributed by atoms with Crippen LogP contribution in [0.25, 0.3) is 22.2 Å². The van der Waals surface area contributed by atoms with Crippen molar-refractivity contribution in [3.05, 3.63) is 42.5 Å². The van der Waals surface area contributed by atoms with Crippen LogP contribution in [0.3, 0.4) is 0 Å². The highest BCUT2D eigenvalue weighted by Crippen LogP contribution is 2.38. The van der Waals surface area contributed by atoms with Gasteiger partial charge in [0.05, 0.1) is 23.5 Å². The number of hydrogen-bond donors (Lipinski definition) is 2. The predicted octanol–water partition coefficient (Wildman–Crippen LogP) is 5.38. The molecule has 0 bridgehead atoms. The fraction of sp³-hybridized carbons (Fsp3) is 0.250. The topological polar surface area (TPSA) is 78.5 Å². The molecule has 0 saturated carbocycles. The molecule has 3 aromatic rings. The van der Waals surface area contributed by atoms with Crippen LogP contribution in [0.4, 0.5) is 29.3 Å². The number of hydrogen-bond acceptors (Lipinski definition) is 4. The van der Waals surface area contributed by atoms with Crippen LogP contribution in [-0.2, 0) is 11.3 Å². The molecular formula is C20H20F3N3O3. The zero-order chi connectivity index (χ0) is 21.2. The maximum atomic E-state index is 12.6. The zero-order valence-electron chi connectivity index (χ0n) is 15.8. The highest BCUT2D eigenvalue weighted by atomic mass is 19.4. The summed E-state index contributed by atoms with van der Waals surface area (Å²) in [6.07, 6.45) is -5.33. The van der Waals surface area contributed by atoms with Gasteiger partial charge in [-0.3, -0.25) is 5.32 Å². The van der Waals surface area contributed by atoms with Crippen molar-refractivity contribution in [3.63, 3.8) is 0 Å². The van der Waals surface area contributed by atoms with Crippen molar-refractivity contribution in [1.29, 1.82) is 0 Å². The Labute approximate surface area is 165 Å². The Balaban J connectivity index is 2.00. The molecule has 2 aromatic carbocycles. The van der Waals surface area contributed by atoms with Gasteiger partial charge in [0.15, 0.2) is 0 Å². The number of ether oxygens (including phenoxy) is 2. The Bertz CT molecular complexity index is 1030. The summed E-state index contributed by atoms with van der Waals surface area (Å²) in [4.78, 5) is 11.5. The molecular weight excluding hydrogens is 387 g/mol. The molecule has 1 aromatic heterocycles. The minimum atomic E-state index is -4.77. The van der Waals surface area contributed by atoms with Gasteiger partial charge in [0.25, 0.3) is 0 Å². The second-order valence-corrected chi connectivity index (χ2v) is 6.16. The fourth-order valence-electron chi connectivity index (χ4n) is 3.19. The number of halogens is 3. The first-order valence-electron chi connectivity index (χ1n) is 8.95. The van der Waals surface area contributed by atoms with E-state index in [1.165, 1.54) is 18.2 Å². The van der Waals surface area contributed by atoms with E-state index in [9.17, 15) is 18.0 Å². The molecule has 3 rings (SSSR count). The van der Waals surface area contributed by atoms with E-state index in [4.69, 9.17) is 10.5 Å². The van der Waals surface area contributed by atoms with Crippen LogP contribution in [0.15, 0.2) is 42.5 Å². The number of carbonyl (C=O) groups excluding carboxylic acids is 1. The lowest BCUT2D eigenvalue weighted by molar-refractivity contribution is -0.274. The van der Waals surface area contributed by atoms with Crippen LogP contribution >= 0.6 is 0 Å². The number of nitrogens with zero attached hydrogens (tertiary/aromatic N) is 1. The van der Waals surface area contributed by atoms with Gasteiger partial charge < -0.3 is 19.8 Å². The smallest absolute Gasteiger partial charge is 0.450 e. The molecule has 0 aliphatic heterocycles. The molecule has 0 aliphatic rings. The van der Waals surface area contributed by atoms with Crippen LogP contribution in [-0.4, -0.2) is 23.6 Å². The van der Waals surface area contributed by atoms with Gasteiger partial charge in [0.2, 0.25) is 0 Å². The normalized spacial score (nSPS) is 11.5. The molecule has 154 valence electrons. The molecule has 0 atom stereocenters. The van der Waals surface area contributed by atoms with Crippen LogP contribution in [0.2, 0.25) is 0 Å². The predicted molar refractivity (Wildman–Crippen MR) is 105 cm³/mol. The zero-order valence-corrected chi connectivity index (χ0v) is 15.8. The number of nitrogen functional groups attached to an aromatic ring is 1. The summed E-state index contributed by atoms with van der Waals surface area (Å²) in [5.41, 5.74) is 9.28. The van der Waals surface area contributed by atoms with E-state index in [-0.39, 0.29) is 12.4 Å². The Morgan fingerprint density at radius 1 is 1.14 bits per heavy atom. The maximum Gasteiger partial charge on any atom is 0.573 e. The minimum absolute atomic E-state index is 0.261. The SMILES string of the molecule is CCOC(=O)Nc1ccc(-c2c(N)c3ccc(OC(F)(F)F)cc3n2CC)cc1. The summed E-state index contributed by atoms with van der Waals surface area (Å²) < 4.78 is 48.4. The summed E-state index contributed by atoms with van der Waals surface area (Å²) in [5.74, 6) is -0.308. The number of aromatic nitrogens is 1. The third-order valence-electron chi connectivity index (χ3n) is 4.31. The Morgan fingerprint density at radius 2 is 1.83 bits per heavy atom. The van der Waals surface area contributed by atoms with Crippen molar-refractivity contribution < 1.29 is 27.4 Å². The Hall–Kier alpha value is -3.36. The fourth-order valence-corrected chi connectivity index (χ4v) is 3.19. The van der Waals surface area contributed by atoms with E-state index in [1.54, 1.807) is 31.2 Å². The van der Waals surface area contributed by atoms with Gasteiger partial charge in [0, 0.05) is 29.2 Å². The van der Waals surface area contributed by atoms with Crippen LogP contribution in [0.1, 0.15) is 13.8 Å². The number of aryl methyl sites for hydroxylation is 1. The number of fused-ring (bicyclic) bond motifs is 1. The third kappa shape index (κ3) is 4.39. The van der Waals surface area contributed by atoms with Crippen molar-refractivity contribution in [2.45, 2.75) is 26.8 Å². The summed E-state index contributed by atoms with van der Waals surface area (Å²) >= 11 is 0. The summed E-state index contributed by atoms with van der Waals surface area (Å²) in [7, 11) is 0. The summed E-state index contributed by atoms with van der Waals surface area (Å²) in [6.45, 7) is 4.33. The number of nitrogens with one attached hydrogen (secondary N) is 1. The minimum Gasteiger partial charge on any atom is -0.450 e. The Morgan fingerprint density at radius 3 is 2.41 bits per heavy atom. The summed E-state index contributed by atoms with van der Waals surface area (Å²) in [5, 5.41) is 3.23. The van der Waals surface area contributed by atoms with Gasteiger partial charge in [-0.2, -0.15) is 0 Å². The molecule has 29 heavy (non-hydrogen) atoms. The molecule has 0 aliphatic carbocycles. The van der Waals surface area contributed by atoms with Crippen LogP contribution in [0, 0.1) is 0 Å². The lowest BCUT2D eigenvalue weighted by Gasteiger charge is -2.11. The largest absolute Gasteiger partial charge is 0.573 e. The third-order valence-corrected chi connectivity index (χ3v) is 4.31. The molecule has 0 unspecified atom stereocenters. The standard InChI is InChI=1S/C20H20F3N3O3/c1-3-26-16-11-14(29-20(21,22)23)9-10-15(16)17(24)18(26)12-5-7-13(8-6-12)25-19(27)28-4-2/h5-11H,3-4,24H2,1-2H3,(H,25,27). The monoisotopic (exact) mass is 407 g/mol. The number of carbonyl (C=O) groups is 1. The van der Waals surface area contributed by atoms with Gasteiger partial charge in [-0.15, -0.1) is 13.2 Å². The van der Waals surface area contributed by atoms with E-state index in [0.717, 1.165) is 5.56 Å². The molecule has 0 spiro atoms. The number of alkyl halides is 3. The average molecular weight is 407 g/mol. The highest BCUT2D eigenvalue weighted by Gasteiger charge is 2.31. The number of benzene rings is 2. The Kier molecular flexibility index (Phi) is 5.58. The first-order chi connectivity index (χ1) is 13.7. The number of nitrogens with two attached hydrogens (primary N) is 1. The van der Waals surface area contributed by atoms with Gasteiger partial charge >= 0.3 is 12.5 Å². The van der Waals surface area contributed by atoms with Gasteiger partial charge in [-0.1, -0.05) is 12.1 Å². The molecule has 9 heteroatoms. The van der Waals surface area contributed by atoms with Crippen molar-refractivity contribution in [1.82, 2.24) is 4.57 Å². The molecule has 0 saturated heterocycles. The van der Waals surface area contributed by atoms with Crippen LogP contribution < -0.4 is 15.8 Å². The molecule has 6 nitrogen and oxygen atoms in total. The van der Waals surface area contributed by atoms with Crippen molar-refractivity contribution in [2.24, 2.45) is 0 Å². The molecule has 0 fully saturated rings. The van der Waals surface area contributed by atoms with Crippen molar-refractivity contribution in [2.75, 3.05) is 17.7 Å². The average Bonchev–Trinajstić information content (AvgIpc) is 2.92. The molecule has 1 amide bonds. The maximum absolute atomic E-state index is 12.6. The van der Waals surface area contributed by atoms with Gasteiger partial charge in [-0.25, -0.2) is 4.79 Å². The second kappa shape index (κ2) is 7.94. The van der Waals surface area contributed by atoms with E-state index in [1.807, 2.05) is 11.5 Å². The lowest BCUT2D eigenvalue weighted by Crippen LogP contribution is -2.17. The van der Waals surface area contributed by atoms with Crippen molar-refractivity contribution >= 4 is 28.4 Å². The van der Waals surface area contributed by atoms with E-state index in [0.29, 0.717) is 34.5 Å². The number of anilines is 2. The van der Waals surface area contributed by atoms with Crippen LogP contribution in [0.5, 0.6) is 5.75 Å². The summed E-state index contributed by atoms with van der Waals surface area (Å²) in [6, 6.07) is 11.0. The molecule has 3 N–H and O–H groups in total. The number of amides is 1. The van der Waals surface area contributed by atoms with Gasteiger partial charge in [-0.05, 0) is 38.1 Å². The first kappa shape index (κ1) is 20.4. The first-order valence-corrected chi connectivity index (χ1v) is 8.95.